The summed E-state index contributed by atoms with van der Waals surface area (Å²) in [6, 6.07) is 0.450. The summed E-state index contributed by atoms with van der Waals surface area (Å²) in [7, 11) is 0. The average molecular weight is 301 g/mol. The number of rotatable bonds is 3. The quantitative estimate of drug-likeness (QED) is 0.858. The number of nitrogens with zero attached hydrogens (tertiary/aromatic N) is 3. The number of aryl methyl sites for hydroxylation is 1. The van der Waals surface area contributed by atoms with Gasteiger partial charge >= 0.3 is 0 Å². The van der Waals surface area contributed by atoms with Crippen molar-refractivity contribution in [3.8, 4) is 0 Å². The Morgan fingerprint density at radius 1 is 1.14 bits per heavy atom. The van der Waals surface area contributed by atoms with E-state index < -0.39 is 0 Å². The zero-order valence-electron chi connectivity index (χ0n) is 13.6. The van der Waals surface area contributed by atoms with Gasteiger partial charge in [0.05, 0.1) is 6.04 Å². The summed E-state index contributed by atoms with van der Waals surface area (Å²) >= 11 is 0. The summed E-state index contributed by atoms with van der Waals surface area (Å²) in [4.78, 5) is 19.5. The molecule has 0 radical (unpaired) electrons. The van der Waals surface area contributed by atoms with E-state index in [4.69, 9.17) is 0 Å². The Hall–Kier alpha value is -1.32. The first-order chi connectivity index (χ1) is 10.7. The molecule has 0 N–H and O–H groups in total. The van der Waals surface area contributed by atoms with Crippen LogP contribution in [-0.2, 0) is 4.79 Å². The molecule has 0 spiro atoms. The standard InChI is InChI=1S/C18H27N3O/c1-13-11-19-17(14-7-8-14)21(13)16-9-10-20(12-16)18(22)15-5-3-2-4-6-15/h11,14-16H,2-10,12H2,1H3. The molecule has 1 aromatic heterocycles. The van der Waals surface area contributed by atoms with E-state index in [2.05, 4.69) is 21.4 Å². The van der Waals surface area contributed by atoms with Crippen molar-refractivity contribution >= 4 is 5.91 Å². The average Bonchev–Trinajstić information content (AvgIpc) is 3.15. The molecule has 2 heterocycles. The lowest BCUT2D eigenvalue weighted by atomic mass is 9.88. The van der Waals surface area contributed by atoms with E-state index in [1.807, 2.05) is 6.20 Å². The van der Waals surface area contributed by atoms with Gasteiger partial charge in [0, 0.05) is 36.8 Å². The molecule has 2 aliphatic carbocycles. The van der Waals surface area contributed by atoms with Crippen molar-refractivity contribution in [2.24, 2.45) is 5.92 Å². The molecule has 1 aromatic rings. The van der Waals surface area contributed by atoms with Crippen LogP contribution in [0.5, 0.6) is 0 Å². The highest BCUT2D eigenvalue weighted by molar-refractivity contribution is 5.79. The Balaban J connectivity index is 1.46. The molecule has 0 aromatic carbocycles. The van der Waals surface area contributed by atoms with Gasteiger partial charge in [-0.15, -0.1) is 0 Å². The van der Waals surface area contributed by atoms with Gasteiger partial charge in [-0.25, -0.2) is 4.98 Å². The number of aromatic nitrogens is 2. The van der Waals surface area contributed by atoms with Crippen LogP contribution in [0.4, 0.5) is 0 Å². The van der Waals surface area contributed by atoms with Crippen molar-refractivity contribution in [3.63, 3.8) is 0 Å². The Kier molecular flexibility index (Phi) is 3.71. The Labute approximate surface area is 132 Å². The third-order valence-electron chi connectivity index (χ3n) is 5.75. The minimum atomic E-state index is 0.305. The number of carbonyl (C=O) groups excluding carboxylic acids is 1. The van der Waals surface area contributed by atoms with Gasteiger partial charge < -0.3 is 9.47 Å². The van der Waals surface area contributed by atoms with Crippen molar-refractivity contribution < 1.29 is 4.79 Å². The molecule has 3 aliphatic rings. The molecule has 1 saturated heterocycles. The van der Waals surface area contributed by atoms with Gasteiger partial charge in [0.1, 0.15) is 5.82 Å². The van der Waals surface area contributed by atoms with E-state index in [0.29, 0.717) is 23.8 Å². The van der Waals surface area contributed by atoms with Crippen LogP contribution in [0.1, 0.15) is 74.8 Å². The lowest BCUT2D eigenvalue weighted by Crippen LogP contribution is -2.35. The fourth-order valence-corrected chi connectivity index (χ4v) is 4.34. The van der Waals surface area contributed by atoms with Crippen molar-refractivity contribution in [2.75, 3.05) is 13.1 Å². The summed E-state index contributed by atoms with van der Waals surface area (Å²) < 4.78 is 2.44. The Morgan fingerprint density at radius 2 is 1.91 bits per heavy atom. The highest BCUT2D eigenvalue weighted by Crippen LogP contribution is 2.41. The first-order valence-corrected chi connectivity index (χ1v) is 9.06. The van der Waals surface area contributed by atoms with Gasteiger partial charge in [0.25, 0.3) is 0 Å². The summed E-state index contributed by atoms with van der Waals surface area (Å²) in [6.07, 6.45) is 11.7. The lowest BCUT2D eigenvalue weighted by Gasteiger charge is -2.26. The maximum absolute atomic E-state index is 12.7. The number of imidazole rings is 1. The predicted molar refractivity (Wildman–Crippen MR) is 85.7 cm³/mol. The number of likely N-dealkylation sites (tertiary alicyclic amines) is 1. The van der Waals surface area contributed by atoms with Gasteiger partial charge in [-0.05, 0) is 39.0 Å². The SMILES string of the molecule is Cc1cnc(C2CC2)n1C1CCN(C(=O)C2CCCCC2)C1. The van der Waals surface area contributed by atoms with E-state index in [1.165, 1.54) is 43.6 Å². The molecule has 4 heteroatoms. The summed E-state index contributed by atoms with van der Waals surface area (Å²) in [5.41, 5.74) is 1.26. The molecule has 4 nitrogen and oxygen atoms in total. The monoisotopic (exact) mass is 301 g/mol. The molecule has 1 unspecified atom stereocenters. The number of hydrogen-bond donors (Lipinski definition) is 0. The lowest BCUT2D eigenvalue weighted by molar-refractivity contribution is -0.135. The van der Waals surface area contributed by atoms with E-state index >= 15 is 0 Å². The molecule has 1 atom stereocenters. The molecule has 1 aliphatic heterocycles. The molecular weight excluding hydrogens is 274 g/mol. The molecule has 22 heavy (non-hydrogen) atoms. The van der Waals surface area contributed by atoms with E-state index in [1.54, 1.807) is 0 Å². The van der Waals surface area contributed by atoms with Crippen LogP contribution in [0.3, 0.4) is 0 Å². The van der Waals surface area contributed by atoms with Gasteiger partial charge in [-0.3, -0.25) is 4.79 Å². The molecule has 4 rings (SSSR count). The van der Waals surface area contributed by atoms with Crippen LogP contribution in [0.25, 0.3) is 0 Å². The van der Waals surface area contributed by atoms with Crippen LogP contribution >= 0.6 is 0 Å². The Bertz CT molecular complexity index is 555. The van der Waals surface area contributed by atoms with Crippen LogP contribution in [-0.4, -0.2) is 33.4 Å². The number of amides is 1. The van der Waals surface area contributed by atoms with Crippen LogP contribution in [0, 0.1) is 12.8 Å². The van der Waals surface area contributed by atoms with Gasteiger partial charge in [0.15, 0.2) is 0 Å². The highest BCUT2D eigenvalue weighted by atomic mass is 16.2. The Morgan fingerprint density at radius 3 is 2.64 bits per heavy atom. The third-order valence-corrected chi connectivity index (χ3v) is 5.75. The first kappa shape index (κ1) is 14.3. The molecule has 120 valence electrons. The number of hydrogen-bond acceptors (Lipinski definition) is 2. The minimum absolute atomic E-state index is 0.305. The van der Waals surface area contributed by atoms with Crippen molar-refractivity contribution in [3.05, 3.63) is 17.7 Å². The van der Waals surface area contributed by atoms with E-state index in [-0.39, 0.29) is 0 Å². The topological polar surface area (TPSA) is 38.1 Å². The van der Waals surface area contributed by atoms with Crippen molar-refractivity contribution in [1.82, 2.24) is 14.5 Å². The maximum Gasteiger partial charge on any atom is 0.225 e. The second-order valence-electron chi connectivity index (χ2n) is 7.46. The largest absolute Gasteiger partial charge is 0.340 e. The molecule has 2 saturated carbocycles. The minimum Gasteiger partial charge on any atom is -0.340 e. The third kappa shape index (κ3) is 2.57. The first-order valence-electron chi connectivity index (χ1n) is 9.06. The molecular formula is C18H27N3O. The zero-order chi connectivity index (χ0) is 15.1. The van der Waals surface area contributed by atoms with Crippen molar-refractivity contribution in [2.45, 2.75) is 70.3 Å². The molecule has 0 bridgehead atoms. The smallest absolute Gasteiger partial charge is 0.225 e. The van der Waals surface area contributed by atoms with Crippen LogP contribution in [0.15, 0.2) is 6.20 Å². The van der Waals surface area contributed by atoms with Crippen LogP contribution < -0.4 is 0 Å². The van der Waals surface area contributed by atoms with Gasteiger partial charge in [-0.2, -0.15) is 0 Å². The fourth-order valence-electron chi connectivity index (χ4n) is 4.34. The van der Waals surface area contributed by atoms with E-state index in [9.17, 15) is 4.79 Å². The highest BCUT2D eigenvalue weighted by Gasteiger charge is 2.36. The molecule has 3 fully saturated rings. The predicted octanol–water partition coefficient (Wildman–Crippen LogP) is 3.42. The van der Waals surface area contributed by atoms with Gasteiger partial charge in [0.2, 0.25) is 5.91 Å². The second kappa shape index (κ2) is 5.71. The maximum atomic E-state index is 12.7. The van der Waals surface area contributed by atoms with Gasteiger partial charge in [-0.1, -0.05) is 19.3 Å². The summed E-state index contributed by atoms with van der Waals surface area (Å²) in [5.74, 6) is 2.68. The van der Waals surface area contributed by atoms with Crippen LogP contribution in [0.2, 0.25) is 0 Å². The molecule has 1 amide bonds. The van der Waals surface area contributed by atoms with E-state index in [0.717, 1.165) is 32.4 Å². The number of carbonyl (C=O) groups is 1. The normalized spacial score (nSPS) is 26.6. The van der Waals surface area contributed by atoms with Crippen molar-refractivity contribution in [1.29, 1.82) is 0 Å². The fraction of sp³-hybridized carbons (Fsp3) is 0.778. The summed E-state index contributed by atoms with van der Waals surface area (Å²) in [6.45, 7) is 3.98. The summed E-state index contributed by atoms with van der Waals surface area (Å²) in [5, 5.41) is 0. The second-order valence-corrected chi connectivity index (χ2v) is 7.46. The zero-order valence-corrected chi connectivity index (χ0v) is 13.6.